The Morgan fingerprint density at radius 3 is 2.91 bits per heavy atom. The van der Waals surface area contributed by atoms with Crippen LogP contribution in [0.4, 0.5) is 13.2 Å². The van der Waals surface area contributed by atoms with Crippen LogP contribution in [0.2, 0.25) is 0 Å². The number of aromatic amines is 1. The summed E-state index contributed by atoms with van der Waals surface area (Å²) in [6, 6.07) is 5.27. The average molecular weight is 310 g/mol. The molecule has 3 heterocycles. The van der Waals surface area contributed by atoms with Crippen LogP contribution in [0, 0.1) is 0 Å². The fourth-order valence-corrected chi connectivity index (χ4v) is 3.90. The van der Waals surface area contributed by atoms with Crippen molar-refractivity contribution in [2.45, 2.75) is 38.1 Å². The summed E-state index contributed by atoms with van der Waals surface area (Å²) in [5.74, 6) is -0.0889. The third kappa shape index (κ3) is 2.35. The predicted octanol–water partition coefficient (Wildman–Crippen LogP) is 3.63. The van der Waals surface area contributed by atoms with Crippen LogP contribution in [0.5, 0.6) is 5.75 Å². The van der Waals surface area contributed by atoms with E-state index in [1.165, 1.54) is 12.5 Å². The monoisotopic (exact) mass is 310 g/mol. The fourth-order valence-electron chi connectivity index (χ4n) is 3.90. The molecule has 2 aliphatic heterocycles. The van der Waals surface area contributed by atoms with Gasteiger partial charge in [0.25, 0.3) is 0 Å². The van der Waals surface area contributed by atoms with E-state index in [0.29, 0.717) is 11.4 Å². The standard InChI is InChI=1S/C16H17F3N2O/c17-16(18,19)22-14-5-1-4-13-15(14)11-9-10-3-2-7-21(10)8-6-12(11)20-13/h1,4-5,10,20H,2-3,6-9H2. The van der Waals surface area contributed by atoms with E-state index in [2.05, 4.69) is 14.6 Å². The van der Waals surface area contributed by atoms with Crippen molar-refractivity contribution in [1.82, 2.24) is 9.88 Å². The maximum atomic E-state index is 12.7. The van der Waals surface area contributed by atoms with Gasteiger partial charge in [-0.2, -0.15) is 0 Å². The number of halogens is 3. The minimum absolute atomic E-state index is 0.0889. The van der Waals surface area contributed by atoms with Gasteiger partial charge in [-0.15, -0.1) is 13.2 Å². The molecule has 1 aromatic carbocycles. The smallest absolute Gasteiger partial charge is 0.405 e. The van der Waals surface area contributed by atoms with Crippen LogP contribution < -0.4 is 4.74 Å². The largest absolute Gasteiger partial charge is 0.573 e. The van der Waals surface area contributed by atoms with Gasteiger partial charge in [0.15, 0.2) is 0 Å². The number of rotatable bonds is 1. The molecule has 22 heavy (non-hydrogen) atoms. The molecule has 2 aromatic rings. The van der Waals surface area contributed by atoms with Crippen LogP contribution in [0.15, 0.2) is 18.2 Å². The van der Waals surface area contributed by atoms with E-state index < -0.39 is 6.36 Å². The van der Waals surface area contributed by atoms with Crippen molar-refractivity contribution in [1.29, 1.82) is 0 Å². The average Bonchev–Trinajstić information content (AvgIpc) is 2.98. The van der Waals surface area contributed by atoms with E-state index >= 15 is 0 Å². The van der Waals surface area contributed by atoms with Crippen LogP contribution in [0.1, 0.15) is 24.1 Å². The van der Waals surface area contributed by atoms with Gasteiger partial charge in [-0.25, -0.2) is 0 Å². The van der Waals surface area contributed by atoms with Crippen molar-refractivity contribution >= 4 is 10.9 Å². The second kappa shape index (κ2) is 4.91. The Morgan fingerprint density at radius 1 is 1.23 bits per heavy atom. The molecule has 0 radical (unpaired) electrons. The summed E-state index contributed by atoms with van der Waals surface area (Å²) in [6.45, 7) is 2.07. The molecule has 1 saturated heterocycles. The molecule has 0 bridgehead atoms. The Hall–Kier alpha value is -1.69. The molecule has 4 rings (SSSR count). The number of ether oxygens (including phenoxy) is 1. The van der Waals surface area contributed by atoms with E-state index in [9.17, 15) is 13.2 Å². The minimum atomic E-state index is -4.66. The summed E-state index contributed by atoms with van der Waals surface area (Å²) in [4.78, 5) is 5.75. The number of nitrogens with zero attached hydrogens (tertiary/aromatic N) is 1. The summed E-state index contributed by atoms with van der Waals surface area (Å²) >= 11 is 0. The SMILES string of the molecule is FC(F)(F)Oc1cccc2[nH]c3c(c12)CC1CCCN1CC3. The maximum absolute atomic E-state index is 12.7. The molecule has 0 amide bonds. The molecular formula is C16H17F3N2O. The number of benzene rings is 1. The Kier molecular flexibility index (Phi) is 3.11. The van der Waals surface area contributed by atoms with Gasteiger partial charge < -0.3 is 9.72 Å². The second-order valence-electron chi connectivity index (χ2n) is 6.09. The molecule has 6 heteroatoms. The van der Waals surface area contributed by atoms with Gasteiger partial charge in [0.05, 0.1) is 0 Å². The normalized spacial score (nSPS) is 22.4. The molecule has 2 aliphatic rings. The van der Waals surface area contributed by atoms with Crippen molar-refractivity contribution in [3.8, 4) is 5.75 Å². The second-order valence-corrected chi connectivity index (χ2v) is 6.09. The molecule has 3 nitrogen and oxygen atoms in total. The van der Waals surface area contributed by atoms with Crippen molar-refractivity contribution in [3.63, 3.8) is 0 Å². The summed E-state index contributed by atoms with van der Waals surface area (Å²) in [7, 11) is 0. The lowest BCUT2D eigenvalue weighted by Gasteiger charge is -2.21. The molecule has 0 saturated carbocycles. The number of hydrogen-bond donors (Lipinski definition) is 1. The molecule has 1 N–H and O–H groups in total. The van der Waals surface area contributed by atoms with Gasteiger partial charge in [0.2, 0.25) is 0 Å². The quantitative estimate of drug-likeness (QED) is 0.871. The molecule has 1 atom stereocenters. The summed E-state index contributed by atoms with van der Waals surface area (Å²) in [5.41, 5.74) is 2.80. The lowest BCUT2D eigenvalue weighted by atomic mass is 10.0. The topological polar surface area (TPSA) is 28.3 Å². The van der Waals surface area contributed by atoms with Gasteiger partial charge in [-0.3, -0.25) is 4.90 Å². The highest BCUT2D eigenvalue weighted by Gasteiger charge is 2.34. The molecule has 0 aliphatic carbocycles. The third-order valence-corrected chi connectivity index (χ3v) is 4.79. The van der Waals surface area contributed by atoms with E-state index in [-0.39, 0.29) is 5.75 Å². The van der Waals surface area contributed by atoms with Crippen molar-refractivity contribution in [2.75, 3.05) is 13.1 Å². The Labute approximate surface area is 126 Å². The first-order valence-corrected chi connectivity index (χ1v) is 7.63. The van der Waals surface area contributed by atoms with E-state index in [1.54, 1.807) is 6.07 Å². The number of H-pyrrole nitrogens is 1. The number of fused-ring (bicyclic) bond motifs is 4. The van der Waals surface area contributed by atoms with Gasteiger partial charge in [-0.05, 0) is 43.5 Å². The number of aromatic nitrogens is 1. The summed E-state index contributed by atoms with van der Waals surface area (Å²) < 4.78 is 42.2. The highest BCUT2D eigenvalue weighted by atomic mass is 19.4. The van der Waals surface area contributed by atoms with Crippen LogP contribution in [0.3, 0.4) is 0 Å². The predicted molar refractivity (Wildman–Crippen MR) is 77.0 cm³/mol. The van der Waals surface area contributed by atoms with Gasteiger partial charge in [0, 0.05) is 35.6 Å². The first-order chi connectivity index (χ1) is 10.5. The highest BCUT2D eigenvalue weighted by Crippen LogP contribution is 2.38. The van der Waals surface area contributed by atoms with Crippen LogP contribution in [-0.2, 0) is 12.8 Å². The fraction of sp³-hybridized carbons (Fsp3) is 0.500. The van der Waals surface area contributed by atoms with E-state index in [4.69, 9.17) is 0 Å². The molecule has 1 fully saturated rings. The zero-order valence-electron chi connectivity index (χ0n) is 12.0. The maximum Gasteiger partial charge on any atom is 0.573 e. The minimum Gasteiger partial charge on any atom is -0.405 e. The van der Waals surface area contributed by atoms with Gasteiger partial charge in [0.1, 0.15) is 5.75 Å². The van der Waals surface area contributed by atoms with Gasteiger partial charge >= 0.3 is 6.36 Å². The molecular weight excluding hydrogens is 293 g/mol. The Morgan fingerprint density at radius 2 is 2.09 bits per heavy atom. The van der Waals surface area contributed by atoms with Crippen molar-refractivity contribution in [3.05, 3.63) is 29.5 Å². The van der Waals surface area contributed by atoms with Gasteiger partial charge in [-0.1, -0.05) is 6.07 Å². The van der Waals surface area contributed by atoms with Crippen LogP contribution >= 0.6 is 0 Å². The lowest BCUT2D eigenvalue weighted by molar-refractivity contribution is -0.274. The zero-order valence-corrected chi connectivity index (χ0v) is 12.0. The molecule has 1 unspecified atom stereocenters. The first kappa shape index (κ1) is 13.9. The highest BCUT2D eigenvalue weighted by molar-refractivity contribution is 5.90. The number of nitrogens with one attached hydrogen (secondary N) is 1. The van der Waals surface area contributed by atoms with E-state index in [0.717, 1.165) is 49.1 Å². The lowest BCUT2D eigenvalue weighted by Crippen LogP contribution is -2.30. The van der Waals surface area contributed by atoms with E-state index in [1.807, 2.05) is 6.07 Å². The third-order valence-electron chi connectivity index (χ3n) is 4.79. The summed E-state index contributed by atoms with van der Waals surface area (Å²) in [5, 5.41) is 0.601. The van der Waals surface area contributed by atoms with Crippen molar-refractivity contribution in [2.24, 2.45) is 0 Å². The number of alkyl halides is 3. The Bertz CT molecular complexity index is 707. The summed E-state index contributed by atoms with van der Waals surface area (Å²) in [6.07, 6.45) is -0.717. The number of hydrogen-bond acceptors (Lipinski definition) is 2. The van der Waals surface area contributed by atoms with Crippen molar-refractivity contribution < 1.29 is 17.9 Å². The van der Waals surface area contributed by atoms with Crippen LogP contribution in [0.25, 0.3) is 10.9 Å². The zero-order chi connectivity index (χ0) is 15.3. The Balaban J connectivity index is 1.82. The molecule has 118 valence electrons. The first-order valence-electron chi connectivity index (χ1n) is 7.63. The molecule has 0 spiro atoms. The molecule has 1 aromatic heterocycles. The van der Waals surface area contributed by atoms with Crippen LogP contribution in [-0.4, -0.2) is 35.4 Å².